The first-order chi connectivity index (χ1) is 18.3. The van der Waals surface area contributed by atoms with E-state index in [9.17, 15) is 13.2 Å². The molecule has 2 aliphatic heterocycles. The lowest BCUT2D eigenvalue weighted by Crippen LogP contribution is -2.52. The summed E-state index contributed by atoms with van der Waals surface area (Å²) in [6.07, 6.45) is 2.78. The molecular weight excluding hydrogens is 518 g/mol. The molecule has 38 heavy (non-hydrogen) atoms. The zero-order chi connectivity index (χ0) is 26.8. The average Bonchev–Trinajstić information content (AvgIpc) is 2.94. The summed E-state index contributed by atoms with van der Waals surface area (Å²) in [6, 6.07) is 24.3. The summed E-state index contributed by atoms with van der Waals surface area (Å²) in [7, 11) is -1.94. The van der Waals surface area contributed by atoms with Gasteiger partial charge in [-0.2, -0.15) is 0 Å². The molecule has 0 unspecified atom stereocenters. The number of sulfonamides is 1. The third-order valence-electron chi connectivity index (χ3n) is 8.19. The van der Waals surface area contributed by atoms with E-state index in [2.05, 4.69) is 16.3 Å². The second kappa shape index (κ2) is 11.2. The van der Waals surface area contributed by atoms with Crippen LogP contribution in [0.3, 0.4) is 0 Å². The summed E-state index contributed by atoms with van der Waals surface area (Å²) in [5.41, 5.74) is 3.01. The van der Waals surface area contributed by atoms with Crippen LogP contribution in [0.15, 0.2) is 83.8 Å². The van der Waals surface area contributed by atoms with Gasteiger partial charge < -0.3 is 10.2 Å². The summed E-state index contributed by atoms with van der Waals surface area (Å²) >= 11 is 6.32. The number of piperidine rings is 1. The molecule has 1 spiro atoms. The fourth-order valence-electron chi connectivity index (χ4n) is 5.88. The van der Waals surface area contributed by atoms with Crippen LogP contribution in [-0.2, 0) is 15.4 Å². The summed E-state index contributed by atoms with van der Waals surface area (Å²) in [5, 5.41) is 3.76. The minimum atomic E-state index is -3.59. The van der Waals surface area contributed by atoms with Gasteiger partial charge in [0.2, 0.25) is 10.0 Å². The van der Waals surface area contributed by atoms with Gasteiger partial charge in [-0.15, -0.1) is 0 Å². The third-order valence-corrected chi connectivity index (χ3v) is 10.3. The smallest absolute Gasteiger partial charge is 0.251 e. The van der Waals surface area contributed by atoms with Gasteiger partial charge in [0.05, 0.1) is 4.90 Å². The first-order valence-electron chi connectivity index (χ1n) is 13.2. The molecule has 3 aromatic rings. The third kappa shape index (κ3) is 5.52. The van der Waals surface area contributed by atoms with Crippen molar-refractivity contribution in [2.75, 3.05) is 39.8 Å². The SMILES string of the molecule is CN(C[C@@H](CCN1CCC2(CC1)CNC(=O)c1ccccc12)c1cccc(Cl)c1)S(=O)(=O)c1ccccc1. The molecule has 2 aliphatic rings. The second-order valence-electron chi connectivity index (χ2n) is 10.5. The van der Waals surface area contributed by atoms with Crippen LogP contribution in [0.25, 0.3) is 0 Å². The number of hydrogen-bond acceptors (Lipinski definition) is 4. The van der Waals surface area contributed by atoms with Crippen molar-refractivity contribution in [2.24, 2.45) is 0 Å². The molecule has 1 fully saturated rings. The lowest BCUT2D eigenvalue weighted by molar-refractivity contribution is 0.0883. The van der Waals surface area contributed by atoms with Crippen LogP contribution in [0.1, 0.15) is 46.7 Å². The average molecular weight is 552 g/mol. The van der Waals surface area contributed by atoms with Gasteiger partial charge in [-0.25, -0.2) is 12.7 Å². The Kier molecular flexibility index (Phi) is 7.91. The van der Waals surface area contributed by atoms with Crippen LogP contribution < -0.4 is 5.32 Å². The minimum absolute atomic E-state index is 0.00256. The predicted octanol–water partition coefficient (Wildman–Crippen LogP) is 4.91. The number of hydrogen-bond donors (Lipinski definition) is 1. The van der Waals surface area contributed by atoms with E-state index in [-0.39, 0.29) is 17.2 Å². The van der Waals surface area contributed by atoms with Gasteiger partial charge in [0.15, 0.2) is 0 Å². The highest BCUT2D eigenvalue weighted by Crippen LogP contribution is 2.39. The van der Waals surface area contributed by atoms with Crippen molar-refractivity contribution >= 4 is 27.5 Å². The Morgan fingerprint density at radius 3 is 2.45 bits per heavy atom. The van der Waals surface area contributed by atoms with Crippen LogP contribution in [0.2, 0.25) is 5.02 Å². The first-order valence-corrected chi connectivity index (χ1v) is 15.0. The topological polar surface area (TPSA) is 69.7 Å². The molecule has 0 radical (unpaired) electrons. The highest BCUT2D eigenvalue weighted by atomic mass is 35.5. The van der Waals surface area contributed by atoms with Gasteiger partial charge in [0, 0.05) is 36.1 Å². The van der Waals surface area contributed by atoms with Gasteiger partial charge in [0.1, 0.15) is 0 Å². The van der Waals surface area contributed by atoms with Crippen LogP contribution in [0, 0.1) is 0 Å². The molecule has 0 saturated carbocycles. The number of fused-ring (bicyclic) bond motifs is 2. The summed E-state index contributed by atoms with van der Waals surface area (Å²) in [4.78, 5) is 15.1. The normalized spacial score (nSPS) is 18.2. The molecule has 1 saturated heterocycles. The zero-order valence-corrected chi connectivity index (χ0v) is 23.2. The molecule has 1 amide bonds. The number of rotatable bonds is 8. The van der Waals surface area contributed by atoms with Gasteiger partial charge in [0.25, 0.3) is 5.91 Å². The number of amides is 1. The van der Waals surface area contributed by atoms with E-state index in [0.717, 1.165) is 50.0 Å². The number of likely N-dealkylation sites (tertiary alicyclic amines) is 1. The van der Waals surface area contributed by atoms with E-state index in [1.54, 1.807) is 31.3 Å². The van der Waals surface area contributed by atoms with Gasteiger partial charge in [-0.3, -0.25) is 4.79 Å². The maximum atomic E-state index is 13.2. The molecule has 1 N–H and O–H groups in total. The van der Waals surface area contributed by atoms with Crippen LogP contribution in [0.4, 0.5) is 0 Å². The first kappa shape index (κ1) is 26.9. The maximum absolute atomic E-state index is 13.2. The molecule has 200 valence electrons. The predicted molar refractivity (Wildman–Crippen MR) is 151 cm³/mol. The molecule has 3 aromatic carbocycles. The fourth-order valence-corrected chi connectivity index (χ4v) is 7.31. The quantitative estimate of drug-likeness (QED) is 0.432. The molecular formula is C30H34ClN3O3S. The molecule has 0 aliphatic carbocycles. The van der Waals surface area contributed by atoms with E-state index in [0.29, 0.717) is 23.0 Å². The van der Waals surface area contributed by atoms with E-state index in [1.165, 1.54) is 9.87 Å². The Morgan fingerprint density at radius 1 is 1.00 bits per heavy atom. The van der Waals surface area contributed by atoms with E-state index in [4.69, 9.17) is 11.6 Å². The summed E-state index contributed by atoms with van der Waals surface area (Å²) in [5.74, 6) is 0.0235. The van der Waals surface area contributed by atoms with Crippen molar-refractivity contribution in [2.45, 2.75) is 35.5 Å². The number of likely N-dealkylation sites (N-methyl/N-ethyl adjacent to an activating group) is 1. The molecule has 0 aromatic heterocycles. The van der Waals surface area contributed by atoms with Gasteiger partial charge in [-0.05, 0) is 86.3 Å². The van der Waals surface area contributed by atoms with Crippen LogP contribution in [0.5, 0.6) is 0 Å². The molecule has 1 atom stereocenters. The lowest BCUT2D eigenvalue weighted by Gasteiger charge is -2.45. The molecule has 5 rings (SSSR count). The van der Waals surface area contributed by atoms with Crippen LogP contribution >= 0.6 is 11.6 Å². The van der Waals surface area contributed by atoms with Crippen LogP contribution in [-0.4, -0.2) is 63.3 Å². The highest BCUT2D eigenvalue weighted by Gasteiger charge is 2.41. The van der Waals surface area contributed by atoms with Crippen molar-refractivity contribution in [1.82, 2.24) is 14.5 Å². The zero-order valence-electron chi connectivity index (χ0n) is 21.6. The Balaban J connectivity index is 1.28. The maximum Gasteiger partial charge on any atom is 0.251 e. The largest absolute Gasteiger partial charge is 0.351 e. The summed E-state index contributed by atoms with van der Waals surface area (Å²) < 4.78 is 27.9. The fraction of sp³-hybridized carbons (Fsp3) is 0.367. The highest BCUT2D eigenvalue weighted by molar-refractivity contribution is 7.89. The van der Waals surface area contributed by atoms with E-state index >= 15 is 0 Å². The van der Waals surface area contributed by atoms with E-state index in [1.807, 2.05) is 48.5 Å². The van der Waals surface area contributed by atoms with Crippen molar-refractivity contribution in [3.8, 4) is 0 Å². The minimum Gasteiger partial charge on any atom is -0.351 e. The van der Waals surface area contributed by atoms with Gasteiger partial charge >= 0.3 is 0 Å². The monoisotopic (exact) mass is 551 g/mol. The van der Waals surface area contributed by atoms with Crippen molar-refractivity contribution in [3.63, 3.8) is 0 Å². The van der Waals surface area contributed by atoms with E-state index < -0.39 is 10.0 Å². The molecule has 0 bridgehead atoms. The van der Waals surface area contributed by atoms with Crippen molar-refractivity contribution in [1.29, 1.82) is 0 Å². The summed E-state index contributed by atoms with van der Waals surface area (Å²) in [6.45, 7) is 3.79. The number of nitrogens with zero attached hydrogens (tertiary/aromatic N) is 2. The number of nitrogens with one attached hydrogen (secondary N) is 1. The Hall–Kier alpha value is -2.71. The Bertz CT molecular complexity index is 1390. The Morgan fingerprint density at radius 2 is 1.71 bits per heavy atom. The number of halogens is 1. The second-order valence-corrected chi connectivity index (χ2v) is 13.0. The number of benzene rings is 3. The molecule has 2 heterocycles. The molecule has 8 heteroatoms. The standard InChI is InChI=1S/C30H34ClN3O3S/c1-33(38(36,37)26-10-3-2-4-11-26)21-24(23-8-7-9-25(31)20-23)14-17-34-18-15-30(16-19-34)22-32-29(35)27-12-5-6-13-28(27)30/h2-13,20,24H,14-19,21-22H2,1H3,(H,32,35)/t24-/m1/s1. The van der Waals surface area contributed by atoms with Gasteiger partial charge in [-0.1, -0.05) is 60.1 Å². The molecule has 6 nitrogen and oxygen atoms in total. The van der Waals surface area contributed by atoms with Crippen molar-refractivity contribution in [3.05, 3.63) is 101 Å². The van der Waals surface area contributed by atoms with Crippen molar-refractivity contribution < 1.29 is 13.2 Å². The number of carbonyl (C=O) groups excluding carboxylic acids is 1. The number of carbonyl (C=O) groups is 1. The Labute approximate surface area is 230 Å². The lowest BCUT2D eigenvalue weighted by atomic mass is 9.69.